The van der Waals surface area contributed by atoms with Crippen molar-refractivity contribution in [2.45, 2.75) is 30.8 Å². The van der Waals surface area contributed by atoms with Crippen molar-refractivity contribution in [3.63, 3.8) is 0 Å². The summed E-state index contributed by atoms with van der Waals surface area (Å²) in [6.45, 7) is 3.25. The molecule has 2 heterocycles. The minimum absolute atomic E-state index is 0.0183. The first-order valence-electron chi connectivity index (χ1n) is 11.1. The molecule has 1 aromatic heterocycles. The van der Waals surface area contributed by atoms with Gasteiger partial charge in [-0.3, -0.25) is 4.79 Å². The number of nitrogens with zero attached hydrogens (tertiary/aromatic N) is 3. The van der Waals surface area contributed by atoms with Gasteiger partial charge in [0.15, 0.2) is 0 Å². The summed E-state index contributed by atoms with van der Waals surface area (Å²) in [4.78, 5) is 13.9. The van der Waals surface area contributed by atoms with E-state index in [1.54, 1.807) is 22.5 Å². The summed E-state index contributed by atoms with van der Waals surface area (Å²) in [6, 6.07) is 20.0. The van der Waals surface area contributed by atoms with Crippen molar-refractivity contribution in [2.24, 2.45) is 0 Å². The number of nitrogens with one attached hydrogen (secondary N) is 1. The molecule has 33 heavy (non-hydrogen) atoms. The molecular weight excluding hydrogens is 432 g/mol. The molecular formula is C26H26N4O2S. The first kappa shape index (κ1) is 22.8. The number of nitriles is 1. The van der Waals surface area contributed by atoms with E-state index in [0.29, 0.717) is 17.8 Å². The molecule has 1 unspecified atom stereocenters. The molecule has 168 valence electrons. The van der Waals surface area contributed by atoms with E-state index in [1.807, 2.05) is 54.7 Å². The lowest BCUT2D eigenvalue weighted by Gasteiger charge is -2.10. The van der Waals surface area contributed by atoms with Crippen molar-refractivity contribution in [3.8, 4) is 23.0 Å². The molecule has 1 N–H and O–H groups in total. The van der Waals surface area contributed by atoms with Crippen LogP contribution in [0.25, 0.3) is 23.0 Å². The summed E-state index contributed by atoms with van der Waals surface area (Å²) in [5.74, 6) is 0.601. The number of ether oxygens (including phenoxy) is 1. The topological polar surface area (TPSA) is 79.9 Å². The van der Waals surface area contributed by atoms with Gasteiger partial charge in [0.2, 0.25) is 0 Å². The molecule has 1 atom stereocenters. The Morgan fingerprint density at radius 2 is 2.06 bits per heavy atom. The van der Waals surface area contributed by atoms with E-state index in [-0.39, 0.29) is 11.7 Å². The molecule has 1 fully saturated rings. The lowest BCUT2D eigenvalue weighted by Crippen LogP contribution is -2.32. The summed E-state index contributed by atoms with van der Waals surface area (Å²) in [7, 11) is 0. The molecule has 3 aromatic rings. The highest BCUT2D eigenvalue weighted by molar-refractivity contribution is 7.99. The Morgan fingerprint density at radius 1 is 1.27 bits per heavy atom. The first-order valence-corrected chi connectivity index (χ1v) is 12.1. The first-order chi connectivity index (χ1) is 16.2. The highest BCUT2D eigenvalue weighted by Gasteiger charge is 2.19. The molecule has 0 bridgehead atoms. The van der Waals surface area contributed by atoms with Crippen molar-refractivity contribution in [1.29, 1.82) is 5.26 Å². The Morgan fingerprint density at radius 3 is 2.73 bits per heavy atom. The number of aromatic nitrogens is 2. The lowest BCUT2D eigenvalue weighted by molar-refractivity contribution is -0.117. The molecule has 6 nitrogen and oxygen atoms in total. The van der Waals surface area contributed by atoms with Crippen LogP contribution in [-0.2, 0) is 9.53 Å². The average molecular weight is 459 g/mol. The minimum Gasteiger partial charge on any atom is -0.376 e. The SMILES string of the molecule is CCSc1ccc(-c2nn(-c3ccccc3)cc2/C=C(/C#N)C(=O)NCC2CCCO2)cc1. The van der Waals surface area contributed by atoms with Crippen LogP contribution in [0.4, 0.5) is 0 Å². The zero-order valence-electron chi connectivity index (χ0n) is 18.5. The predicted octanol–water partition coefficient (Wildman–Crippen LogP) is 4.85. The van der Waals surface area contributed by atoms with Crippen molar-refractivity contribution < 1.29 is 9.53 Å². The van der Waals surface area contributed by atoms with Gasteiger partial charge in [-0.25, -0.2) is 4.68 Å². The fraction of sp³-hybridized carbons (Fsp3) is 0.269. The Kier molecular flexibility index (Phi) is 7.61. The largest absolute Gasteiger partial charge is 0.376 e. The second-order valence-corrected chi connectivity index (χ2v) is 9.02. The summed E-state index contributed by atoms with van der Waals surface area (Å²) in [6.07, 6.45) is 5.40. The number of hydrogen-bond donors (Lipinski definition) is 1. The van der Waals surface area contributed by atoms with E-state index in [9.17, 15) is 10.1 Å². The fourth-order valence-corrected chi connectivity index (χ4v) is 4.38. The number of thioether (sulfide) groups is 1. The Bertz CT molecular complexity index is 1160. The summed E-state index contributed by atoms with van der Waals surface area (Å²) in [5.41, 5.74) is 3.29. The maximum Gasteiger partial charge on any atom is 0.262 e. The third-order valence-electron chi connectivity index (χ3n) is 5.38. The number of rotatable bonds is 8. The molecule has 0 aliphatic carbocycles. The van der Waals surface area contributed by atoms with Gasteiger partial charge in [0.1, 0.15) is 11.6 Å². The van der Waals surface area contributed by atoms with Gasteiger partial charge in [0.05, 0.1) is 17.5 Å². The number of carbonyl (C=O) groups is 1. The molecule has 1 amide bonds. The molecule has 1 aliphatic rings. The maximum atomic E-state index is 12.7. The number of hydrogen-bond acceptors (Lipinski definition) is 5. The number of para-hydroxylation sites is 1. The molecule has 2 aromatic carbocycles. The van der Waals surface area contributed by atoms with Crippen LogP contribution in [0, 0.1) is 11.3 Å². The normalized spacial score (nSPS) is 15.9. The molecule has 1 saturated heterocycles. The molecule has 0 saturated carbocycles. The molecule has 0 radical (unpaired) electrons. The van der Waals surface area contributed by atoms with E-state index in [1.165, 1.54) is 4.90 Å². The van der Waals surface area contributed by atoms with Crippen LogP contribution >= 0.6 is 11.8 Å². The van der Waals surface area contributed by atoms with Gasteiger partial charge in [-0.15, -0.1) is 11.8 Å². The second kappa shape index (κ2) is 11.0. The molecule has 0 spiro atoms. The zero-order valence-corrected chi connectivity index (χ0v) is 19.3. The zero-order chi connectivity index (χ0) is 23.0. The Balaban J connectivity index is 1.66. The van der Waals surface area contributed by atoms with Crippen molar-refractivity contribution in [3.05, 3.63) is 71.9 Å². The smallest absolute Gasteiger partial charge is 0.262 e. The van der Waals surface area contributed by atoms with Gasteiger partial charge in [-0.2, -0.15) is 10.4 Å². The van der Waals surface area contributed by atoms with E-state index in [0.717, 1.165) is 36.5 Å². The van der Waals surface area contributed by atoms with Crippen LogP contribution in [0.3, 0.4) is 0 Å². The number of benzene rings is 2. The van der Waals surface area contributed by atoms with Crippen LogP contribution in [0.2, 0.25) is 0 Å². The van der Waals surface area contributed by atoms with E-state index >= 15 is 0 Å². The van der Waals surface area contributed by atoms with Gasteiger partial charge in [0.25, 0.3) is 5.91 Å². The van der Waals surface area contributed by atoms with Crippen molar-refractivity contribution in [1.82, 2.24) is 15.1 Å². The molecule has 4 rings (SSSR count). The Hall–Kier alpha value is -3.34. The molecule has 1 aliphatic heterocycles. The number of amides is 1. The van der Waals surface area contributed by atoms with Crippen LogP contribution in [0.15, 0.2) is 71.3 Å². The van der Waals surface area contributed by atoms with Gasteiger partial charge in [-0.1, -0.05) is 37.3 Å². The van der Waals surface area contributed by atoms with E-state index in [4.69, 9.17) is 9.84 Å². The highest BCUT2D eigenvalue weighted by atomic mass is 32.2. The van der Waals surface area contributed by atoms with Gasteiger partial charge < -0.3 is 10.1 Å². The molecule has 7 heteroatoms. The lowest BCUT2D eigenvalue weighted by atomic mass is 10.1. The summed E-state index contributed by atoms with van der Waals surface area (Å²) < 4.78 is 7.33. The standard InChI is InChI=1S/C26H26N4O2S/c1-2-33-24-12-10-19(11-13-24)25-21(18-30(29-25)22-7-4-3-5-8-22)15-20(16-27)26(31)28-17-23-9-6-14-32-23/h3-5,7-8,10-13,15,18,23H,2,6,9,14,17H2,1H3,(H,28,31)/b20-15-. The van der Waals surface area contributed by atoms with Gasteiger partial charge in [-0.05, 0) is 48.9 Å². The monoisotopic (exact) mass is 458 g/mol. The quantitative estimate of drug-likeness (QED) is 0.296. The van der Waals surface area contributed by atoms with Gasteiger partial charge in [0, 0.05) is 35.4 Å². The van der Waals surface area contributed by atoms with Crippen LogP contribution in [-0.4, -0.2) is 40.7 Å². The fourth-order valence-electron chi connectivity index (χ4n) is 3.72. The van der Waals surface area contributed by atoms with Gasteiger partial charge >= 0.3 is 0 Å². The third kappa shape index (κ3) is 5.72. The van der Waals surface area contributed by atoms with Crippen molar-refractivity contribution in [2.75, 3.05) is 18.9 Å². The third-order valence-corrected chi connectivity index (χ3v) is 6.28. The predicted molar refractivity (Wildman–Crippen MR) is 131 cm³/mol. The second-order valence-electron chi connectivity index (χ2n) is 7.69. The summed E-state index contributed by atoms with van der Waals surface area (Å²) in [5, 5.41) is 17.3. The summed E-state index contributed by atoms with van der Waals surface area (Å²) >= 11 is 1.78. The minimum atomic E-state index is -0.402. The maximum absolute atomic E-state index is 12.7. The van der Waals surface area contributed by atoms with Crippen LogP contribution in [0.1, 0.15) is 25.3 Å². The van der Waals surface area contributed by atoms with Crippen molar-refractivity contribution >= 4 is 23.7 Å². The van der Waals surface area contributed by atoms with E-state index < -0.39 is 5.91 Å². The number of carbonyl (C=O) groups excluding carboxylic acids is 1. The Labute approximate surface area is 198 Å². The van der Waals surface area contributed by atoms with Crippen LogP contribution < -0.4 is 5.32 Å². The highest BCUT2D eigenvalue weighted by Crippen LogP contribution is 2.28. The average Bonchev–Trinajstić information content (AvgIpc) is 3.52. The van der Waals surface area contributed by atoms with E-state index in [2.05, 4.69) is 24.4 Å². The van der Waals surface area contributed by atoms with Crippen LogP contribution in [0.5, 0.6) is 0 Å².